The minimum Gasteiger partial charge on any atom is -0.370 e. The average Bonchev–Trinajstić information content (AvgIpc) is 2.45. The van der Waals surface area contributed by atoms with Crippen LogP contribution in [-0.4, -0.2) is 16.5 Å². The molecule has 0 atom stereocenters. The van der Waals surface area contributed by atoms with Gasteiger partial charge in [-0.25, -0.2) is 14.4 Å². The highest BCUT2D eigenvalue weighted by molar-refractivity contribution is 7.99. The Kier molecular flexibility index (Phi) is 5.99. The van der Waals surface area contributed by atoms with Crippen LogP contribution in [0.4, 0.5) is 10.2 Å². The van der Waals surface area contributed by atoms with E-state index in [1.807, 2.05) is 12.1 Å². The monoisotopic (exact) mass is 305 g/mol. The van der Waals surface area contributed by atoms with Crippen molar-refractivity contribution in [2.24, 2.45) is 0 Å². The second kappa shape index (κ2) is 7.98. The molecular formula is C16H20FN3S. The van der Waals surface area contributed by atoms with Crippen molar-refractivity contribution in [3.8, 4) is 0 Å². The maximum Gasteiger partial charge on any atom is 0.132 e. The molecule has 0 saturated heterocycles. The van der Waals surface area contributed by atoms with E-state index in [1.165, 1.54) is 23.9 Å². The van der Waals surface area contributed by atoms with Gasteiger partial charge in [-0.15, -0.1) is 0 Å². The molecule has 1 N–H and O–H groups in total. The molecule has 2 rings (SSSR count). The molecule has 0 spiro atoms. The molecule has 0 saturated carbocycles. The molecule has 3 nitrogen and oxygen atoms in total. The standard InChI is InChI=1S/C16H20FN3S/c1-3-6-14-19-15(18-9-4-2)11-16(20-14)21-13-8-5-7-12(17)10-13/h5,7-8,10-11H,3-4,6,9H2,1-2H3,(H,18,19,20). The van der Waals surface area contributed by atoms with E-state index in [-0.39, 0.29) is 5.82 Å². The fourth-order valence-electron chi connectivity index (χ4n) is 1.86. The van der Waals surface area contributed by atoms with Crippen molar-refractivity contribution >= 4 is 17.6 Å². The van der Waals surface area contributed by atoms with E-state index in [0.29, 0.717) is 0 Å². The molecule has 1 aromatic carbocycles. The molecule has 0 aliphatic heterocycles. The number of nitrogens with one attached hydrogen (secondary N) is 1. The Morgan fingerprint density at radius 3 is 2.71 bits per heavy atom. The number of aryl methyl sites for hydroxylation is 1. The summed E-state index contributed by atoms with van der Waals surface area (Å²) in [5.74, 6) is 1.44. The summed E-state index contributed by atoms with van der Waals surface area (Å²) in [5, 5.41) is 4.14. The van der Waals surface area contributed by atoms with Crippen LogP contribution in [0, 0.1) is 5.82 Å². The van der Waals surface area contributed by atoms with Crippen molar-refractivity contribution in [1.82, 2.24) is 9.97 Å². The Hall–Kier alpha value is -1.62. The Morgan fingerprint density at radius 1 is 1.14 bits per heavy atom. The molecule has 0 radical (unpaired) electrons. The first kappa shape index (κ1) is 15.8. The lowest BCUT2D eigenvalue weighted by molar-refractivity contribution is 0.624. The maximum absolute atomic E-state index is 13.3. The van der Waals surface area contributed by atoms with Gasteiger partial charge in [-0.2, -0.15) is 0 Å². The van der Waals surface area contributed by atoms with E-state index in [0.717, 1.165) is 47.4 Å². The predicted molar refractivity (Wildman–Crippen MR) is 85.3 cm³/mol. The van der Waals surface area contributed by atoms with E-state index >= 15 is 0 Å². The lowest BCUT2D eigenvalue weighted by atomic mass is 10.3. The van der Waals surface area contributed by atoms with Crippen molar-refractivity contribution in [2.45, 2.75) is 43.0 Å². The van der Waals surface area contributed by atoms with Gasteiger partial charge in [0.2, 0.25) is 0 Å². The molecule has 1 aromatic heterocycles. The predicted octanol–water partition coefficient (Wildman–Crippen LogP) is 4.54. The molecule has 0 amide bonds. The molecule has 2 aromatic rings. The summed E-state index contributed by atoms with van der Waals surface area (Å²) in [5.41, 5.74) is 0. The van der Waals surface area contributed by atoms with Gasteiger partial charge in [0.25, 0.3) is 0 Å². The second-order valence-corrected chi connectivity index (χ2v) is 5.84. The topological polar surface area (TPSA) is 37.8 Å². The third kappa shape index (κ3) is 5.01. The maximum atomic E-state index is 13.3. The van der Waals surface area contributed by atoms with E-state index in [4.69, 9.17) is 0 Å². The molecule has 0 unspecified atom stereocenters. The third-order valence-electron chi connectivity index (χ3n) is 2.80. The van der Waals surface area contributed by atoms with Crippen LogP contribution < -0.4 is 5.32 Å². The highest BCUT2D eigenvalue weighted by atomic mass is 32.2. The summed E-state index contributed by atoms with van der Waals surface area (Å²) in [7, 11) is 0. The zero-order chi connectivity index (χ0) is 15.1. The van der Waals surface area contributed by atoms with Crippen LogP contribution in [0.15, 0.2) is 40.3 Å². The SMILES string of the molecule is CCCNc1cc(Sc2cccc(F)c2)nc(CCC)n1. The van der Waals surface area contributed by atoms with Gasteiger partial charge >= 0.3 is 0 Å². The minimum atomic E-state index is -0.229. The van der Waals surface area contributed by atoms with E-state index in [2.05, 4.69) is 29.1 Å². The first-order valence-corrected chi connectivity index (χ1v) is 8.08. The van der Waals surface area contributed by atoms with Crippen LogP contribution in [0.2, 0.25) is 0 Å². The largest absolute Gasteiger partial charge is 0.370 e. The van der Waals surface area contributed by atoms with Gasteiger partial charge in [0, 0.05) is 23.9 Å². The lowest BCUT2D eigenvalue weighted by Crippen LogP contribution is -2.05. The van der Waals surface area contributed by atoms with E-state index in [9.17, 15) is 4.39 Å². The number of aromatic nitrogens is 2. The van der Waals surface area contributed by atoms with Crippen LogP contribution in [0.25, 0.3) is 0 Å². The fraction of sp³-hybridized carbons (Fsp3) is 0.375. The molecule has 0 bridgehead atoms. The molecule has 112 valence electrons. The van der Waals surface area contributed by atoms with Crippen molar-refractivity contribution in [1.29, 1.82) is 0 Å². The Bertz CT molecular complexity index is 589. The molecule has 1 heterocycles. The number of halogens is 1. The zero-order valence-corrected chi connectivity index (χ0v) is 13.2. The third-order valence-corrected chi connectivity index (χ3v) is 3.71. The highest BCUT2D eigenvalue weighted by Gasteiger charge is 2.06. The number of benzene rings is 1. The summed E-state index contributed by atoms with van der Waals surface area (Å²) in [6.07, 6.45) is 2.89. The number of hydrogen-bond acceptors (Lipinski definition) is 4. The second-order valence-electron chi connectivity index (χ2n) is 4.74. The number of rotatable bonds is 7. The van der Waals surface area contributed by atoms with Crippen molar-refractivity contribution in [3.63, 3.8) is 0 Å². The summed E-state index contributed by atoms with van der Waals surface area (Å²) in [6.45, 7) is 5.10. The summed E-state index contributed by atoms with van der Waals surface area (Å²) in [6, 6.07) is 8.48. The normalized spacial score (nSPS) is 10.6. The summed E-state index contributed by atoms with van der Waals surface area (Å²) >= 11 is 1.46. The Labute approximate surface area is 129 Å². The van der Waals surface area contributed by atoms with Crippen LogP contribution in [0.3, 0.4) is 0 Å². The molecule has 0 aliphatic rings. The molecular weight excluding hydrogens is 285 g/mol. The van der Waals surface area contributed by atoms with Crippen LogP contribution in [-0.2, 0) is 6.42 Å². The van der Waals surface area contributed by atoms with Crippen LogP contribution >= 0.6 is 11.8 Å². The first-order chi connectivity index (χ1) is 10.2. The number of nitrogens with zero attached hydrogens (tertiary/aromatic N) is 2. The first-order valence-electron chi connectivity index (χ1n) is 7.26. The smallest absolute Gasteiger partial charge is 0.132 e. The molecule has 5 heteroatoms. The summed E-state index contributed by atoms with van der Waals surface area (Å²) in [4.78, 5) is 9.90. The number of hydrogen-bond donors (Lipinski definition) is 1. The van der Waals surface area contributed by atoms with Crippen LogP contribution in [0.1, 0.15) is 32.5 Å². The van der Waals surface area contributed by atoms with Gasteiger partial charge in [0.05, 0.1) is 0 Å². The Morgan fingerprint density at radius 2 is 2.00 bits per heavy atom. The van der Waals surface area contributed by atoms with Gasteiger partial charge in [0.15, 0.2) is 0 Å². The van der Waals surface area contributed by atoms with Gasteiger partial charge < -0.3 is 5.32 Å². The zero-order valence-electron chi connectivity index (χ0n) is 12.4. The van der Waals surface area contributed by atoms with Crippen molar-refractivity contribution in [2.75, 3.05) is 11.9 Å². The van der Waals surface area contributed by atoms with E-state index < -0.39 is 0 Å². The average molecular weight is 305 g/mol. The van der Waals surface area contributed by atoms with Crippen molar-refractivity contribution < 1.29 is 4.39 Å². The van der Waals surface area contributed by atoms with E-state index in [1.54, 1.807) is 6.07 Å². The lowest BCUT2D eigenvalue weighted by Gasteiger charge is -2.09. The Balaban J connectivity index is 2.22. The molecule has 0 fully saturated rings. The highest BCUT2D eigenvalue weighted by Crippen LogP contribution is 2.28. The fourth-order valence-corrected chi connectivity index (χ4v) is 2.74. The van der Waals surface area contributed by atoms with Crippen molar-refractivity contribution in [3.05, 3.63) is 42.0 Å². The van der Waals surface area contributed by atoms with Crippen LogP contribution in [0.5, 0.6) is 0 Å². The molecule has 21 heavy (non-hydrogen) atoms. The minimum absolute atomic E-state index is 0.229. The van der Waals surface area contributed by atoms with Gasteiger partial charge in [0.1, 0.15) is 22.5 Å². The number of anilines is 1. The summed E-state index contributed by atoms with van der Waals surface area (Å²) < 4.78 is 13.3. The van der Waals surface area contributed by atoms with Gasteiger partial charge in [-0.1, -0.05) is 31.7 Å². The molecule has 0 aliphatic carbocycles. The quantitative estimate of drug-likeness (QED) is 0.762. The van der Waals surface area contributed by atoms with Gasteiger partial charge in [-0.3, -0.25) is 0 Å². The van der Waals surface area contributed by atoms with Gasteiger partial charge in [-0.05, 0) is 31.0 Å².